The number of hydrogen-bond donors (Lipinski definition) is 1. The van der Waals surface area contributed by atoms with Crippen molar-refractivity contribution in [2.75, 3.05) is 24.7 Å². The molecule has 0 unspecified atom stereocenters. The van der Waals surface area contributed by atoms with E-state index in [1.165, 1.54) is 4.88 Å². The van der Waals surface area contributed by atoms with Crippen LogP contribution in [0.25, 0.3) is 0 Å². The molecule has 0 radical (unpaired) electrons. The van der Waals surface area contributed by atoms with Gasteiger partial charge in [-0.1, -0.05) is 0 Å². The summed E-state index contributed by atoms with van der Waals surface area (Å²) < 4.78 is 11.2. The van der Waals surface area contributed by atoms with Crippen LogP contribution >= 0.6 is 23.7 Å². The second-order valence-corrected chi connectivity index (χ2v) is 7.08. The summed E-state index contributed by atoms with van der Waals surface area (Å²) in [6, 6.07) is 9.81. The molecule has 1 aliphatic rings. The average Bonchev–Trinajstić information content (AvgIpc) is 3.02. The Morgan fingerprint density at radius 3 is 2.64 bits per heavy atom. The van der Waals surface area contributed by atoms with Crippen LogP contribution in [0.1, 0.15) is 22.6 Å². The maximum Gasteiger partial charge on any atom is 0.227 e. The number of fused-ring (bicyclic) bond motifs is 1. The molecule has 0 bridgehead atoms. The molecule has 1 aliphatic heterocycles. The molecule has 5 nitrogen and oxygen atoms in total. The van der Waals surface area contributed by atoms with Crippen LogP contribution < -0.4 is 20.1 Å². The van der Waals surface area contributed by atoms with Crippen LogP contribution in [0, 0.1) is 6.92 Å². The van der Waals surface area contributed by atoms with E-state index in [2.05, 4.69) is 19.1 Å². The summed E-state index contributed by atoms with van der Waals surface area (Å²) in [6.07, 6.45) is 1.12. The summed E-state index contributed by atoms with van der Waals surface area (Å²) in [7, 11) is 0. The number of carbonyl (C=O) groups is 1. The molecule has 1 aromatic heterocycles. The van der Waals surface area contributed by atoms with Crippen molar-refractivity contribution in [3.05, 3.63) is 40.1 Å². The smallest absolute Gasteiger partial charge is 0.227 e. The zero-order chi connectivity index (χ0) is 16.9. The highest BCUT2D eigenvalue weighted by Gasteiger charge is 2.20. The summed E-state index contributed by atoms with van der Waals surface area (Å²) in [5.41, 5.74) is 6.38. The molecule has 7 heteroatoms. The van der Waals surface area contributed by atoms with Crippen molar-refractivity contribution in [2.24, 2.45) is 5.73 Å². The zero-order valence-corrected chi connectivity index (χ0v) is 15.8. The quantitative estimate of drug-likeness (QED) is 0.830. The van der Waals surface area contributed by atoms with Crippen molar-refractivity contribution < 1.29 is 14.3 Å². The normalized spacial score (nSPS) is 12.4. The summed E-state index contributed by atoms with van der Waals surface area (Å²) in [5.74, 6) is 1.49. The van der Waals surface area contributed by atoms with E-state index in [9.17, 15) is 4.79 Å². The minimum atomic E-state index is 0. The third-order valence-electron chi connectivity index (χ3n) is 3.84. The number of anilines is 1. The Morgan fingerprint density at radius 2 is 1.96 bits per heavy atom. The Bertz CT molecular complexity index is 720. The van der Waals surface area contributed by atoms with Crippen LogP contribution in [0.3, 0.4) is 0 Å². The van der Waals surface area contributed by atoms with Crippen molar-refractivity contribution in [3.63, 3.8) is 0 Å². The minimum absolute atomic E-state index is 0. The molecule has 2 heterocycles. The highest BCUT2D eigenvalue weighted by molar-refractivity contribution is 7.11. The second kappa shape index (κ2) is 9.08. The first-order valence-electron chi connectivity index (χ1n) is 8.13. The first kappa shape index (κ1) is 19.6. The number of ether oxygens (including phenoxy) is 2. The zero-order valence-electron chi connectivity index (χ0n) is 14.2. The lowest BCUT2D eigenvalue weighted by atomic mass is 10.2. The van der Waals surface area contributed by atoms with E-state index >= 15 is 0 Å². The first-order chi connectivity index (χ1) is 11.7. The standard InChI is InChI=1S/C18H22N2O3S.ClH/c1-13-4-6-15(24-13)12-20(18(21)3-2-8-19)14-5-7-16-17(11-14)23-10-9-22-16;/h4-7,11H,2-3,8-10,12,19H2,1H3;1H. The van der Waals surface area contributed by atoms with Crippen molar-refractivity contribution in [2.45, 2.75) is 26.3 Å². The van der Waals surface area contributed by atoms with Gasteiger partial charge in [-0.25, -0.2) is 0 Å². The third-order valence-corrected chi connectivity index (χ3v) is 4.83. The topological polar surface area (TPSA) is 64.8 Å². The van der Waals surface area contributed by atoms with Crippen molar-refractivity contribution in [1.29, 1.82) is 0 Å². The molecule has 1 amide bonds. The number of thiophene rings is 1. The summed E-state index contributed by atoms with van der Waals surface area (Å²) >= 11 is 1.71. The molecule has 2 aromatic rings. The summed E-state index contributed by atoms with van der Waals surface area (Å²) in [4.78, 5) is 16.9. The monoisotopic (exact) mass is 382 g/mol. The fourth-order valence-corrected chi connectivity index (χ4v) is 3.52. The Kier molecular flexibility index (Phi) is 7.11. The van der Waals surface area contributed by atoms with Crippen LogP contribution in [0.15, 0.2) is 30.3 Å². The maximum atomic E-state index is 12.7. The number of carbonyl (C=O) groups excluding carboxylic acids is 1. The van der Waals surface area contributed by atoms with E-state index in [0.29, 0.717) is 44.9 Å². The third kappa shape index (κ3) is 4.87. The van der Waals surface area contributed by atoms with Crippen molar-refractivity contribution >= 4 is 35.3 Å². The van der Waals surface area contributed by atoms with Gasteiger partial charge in [0.1, 0.15) is 13.2 Å². The van der Waals surface area contributed by atoms with E-state index in [0.717, 1.165) is 16.3 Å². The molecule has 0 fully saturated rings. The molecule has 136 valence electrons. The molecule has 0 aliphatic carbocycles. The lowest BCUT2D eigenvalue weighted by molar-refractivity contribution is -0.118. The molecule has 0 atom stereocenters. The molecular formula is C18H23ClN2O3S. The molecule has 0 spiro atoms. The van der Waals surface area contributed by atoms with Gasteiger partial charge in [-0.15, -0.1) is 23.7 Å². The van der Waals surface area contributed by atoms with E-state index < -0.39 is 0 Å². The van der Waals surface area contributed by atoms with E-state index in [1.807, 2.05) is 18.2 Å². The van der Waals surface area contributed by atoms with Gasteiger partial charge in [0.15, 0.2) is 11.5 Å². The second-order valence-electron chi connectivity index (χ2n) is 5.71. The largest absolute Gasteiger partial charge is 0.486 e. The Labute approximate surface area is 158 Å². The van der Waals surface area contributed by atoms with Crippen molar-refractivity contribution in [1.82, 2.24) is 0 Å². The highest BCUT2D eigenvalue weighted by atomic mass is 35.5. The van der Waals surface area contributed by atoms with Crippen LogP contribution in [0.5, 0.6) is 11.5 Å². The number of halogens is 1. The van der Waals surface area contributed by atoms with Gasteiger partial charge in [-0.05, 0) is 44.2 Å². The van der Waals surface area contributed by atoms with Gasteiger partial charge in [-0.2, -0.15) is 0 Å². The number of amides is 1. The molecular weight excluding hydrogens is 360 g/mol. The van der Waals surface area contributed by atoms with E-state index in [4.69, 9.17) is 15.2 Å². The minimum Gasteiger partial charge on any atom is -0.486 e. The van der Waals surface area contributed by atoms with Crippen LogP contribution in [-0.2, 0) is 11.3 Å². The number of aryl methyl sites for hydroxylation is 1. The number of nitrogens with zero attached hydrogens (tertiary/aromatic N) is 1. The van der Waals surface area contributed by atoms with Gasteiger partial charge < -0.3 is 20.1 Å². The molecule has 1 aromatic carbocycles. The fraction of sp³-hybridized carbons (Fsp3) is 0.389. The summed E-state index contributed by atoms with van der Waals surface area (Å²) in [6.45, 7) is 4.22. The van der Waals surface area contributed by atoms with Gasteiger partial charge in [0.05, 0.1) is 6.54 Å². The molecule has 3 rings (SSSR count). The SMILES string of the molecule is Cc1ccc(CN(C(=O)CCCN)c2ccc3c(c2)OCCO3)s1.Cl. The predicted molar refractivity (Wildman–Crippen MR) is 103 cm³/mol. The number of rotatable bonds is 6. The number of nitrogens with two attached hydrogens (primary N) is 1. The van der Waals surface area contributed by atoms with Crippen LogP contribution in [0.2, 0.25) is 0 Å². The first-order valence-corrected chi connectivity index (χ1v) is 8.94. The van der Waals surface area contributed by atoms with Crippen LogP contribution in [0.4, 0.5) is 5.69 Å². The van der Waals surface area contributed by atoms with Crippen molar-refractivity contribution in [3.8, 4) is 11.5 Å². The van der Waals surface area contributed by atoms with Gasteiger partial charge in [-0.3, -0.25) is 4.79 Å². The lowest BCUT2D eigenvalue weighted by Crippen LogP contribution is -2.30. The maximum absolute atomic E-state index is 12.7. The Morgan fingerprint density at radius 1 is 1.20 bits per heavy atom. The fourth-order valence-electron chi connectivity index (χ4n) is 2.64. The average molecular weight is 383 g/mol. The Balaban J connectivity index is 0.00000225. The molecule has 0 saturated heterocycles. The van der Waals surface area contributed by atoms with Crippen LogP contribution in [-0.4, -0.2) is 25.7 Å². The number of hydrogen-bond acceptors (Lipinski definition) is 5. The predicted octanol–water partition coefficient (Wildman–Crippen LogP) is 3.52. The van der Waals surface area contributed by atoms with Gasteiger partial charge >= 0.3 is 0 Å². The summed E-state index contributed by atoms with van der Waals surface area (Å²) in [5, 5.41) is 0. The molecule has 0 saturated carbocycles. The molecule has 25 heavy (non-hydrogen) atoms. The van der Waals surface area contributed by atoms with E-state index in [1.54, 1.807) is 16.2 Å². The number of benzene rings is 1. The molecule has 2 N–H and O–H groups in total. The van der Waals surface area contributed by atoms with E-state index in [-0.39, 0.29) is 18.3 Å². The van der Waals surface area contributed by atoms with Gasteiger partial charge in [0.25, 0.3) is 0 Å². The highest BCUT2D eigenvalue weighted by Crippen LogP contribution is 2.35. The Hall–Kier alpha value is -1.76. The van der Waals surface area contributed by atoms with Gasteiger partial charge in [0, 0.05) is 27.9 Å². The van der Waals surface area contributed by atoms with Gasteiger partial charge in [0.2, 0.25) is 5.91 Å². The lowest BCUT2D eigenvalue weighted by Gasteiger charge is -2.25.